The van der Waals surface area contributed by atoms with E-state index in [1.54, 1.807) is 6.07 Å². The minimum absolute atomic E-state index is 0.639. The van der Waals surface area contributed by atoms with Crippen LogP contribution in [0.5, 0.6) is 0 Å². The quantitative estimate of drug-likeness (QED) is 0.287. The van der Waals surface area contributed by atoms with Crippen LogP contribution in [0.25, 0.3) is 0 Å². The summed E-state index contributed by atoms with van der Waals surface area (Å²) in [7, 11) is 0. The molecule has 0 fully saturated rings. The Hall–Kier alpha value is -1.36. The van der Waals surface area contributed by atoms with Crippen LogP contribution in [0.15, 0.2) is 25.3 Å². The zero-order chi connectivity index (χ0) is 6.83. The molecule has 42 valence electrons. The molecule has 0 unspecified atom stereocenters. The summed E-state index contributed by atoms with van der Waals surface area (Å²) >= 11 is 0. The number of allylic oxidation sites excluding steroid dienone is 2. The van der Waals surface area contributed by atoms with E-state index in [0.717, 1.165) is 0 Å². The monoisotopic (exact) mass is 109 g/mol. The van der Waals surface area contributed by atoms with Gasteiger partial charge in [0.15, 0.2) is 0 Å². The fraction of sp³-hybridized carbons (Fsp3) is 0. The molecule has 0 aromatic heterocycles. The highest BCUT2D eigenvalue weighted by molar-refractivity contribution is 5.63. The number of carbonyl (C=O) groups is 1. The van der Waals surface area contributed by atoms with Crippen LogP contribution in [0.4, 0.5) is 0 Å². The summed E-state index contributed by atoms with van der Waals surface area (Å²) in [6.07, 6.45) is 3.01. The number of nitriles is 1. The lowest BCUT2D eigenvalue weighted by molar-refractivity contribution is -0.104. The Morgan fingerprint density at radius 1 is 1.50 bits per heavy atom. The third-order valence-electron chi connectivity index (χ3n) is 0.188. The van der Waals surface area contributed by atoms with E-state index < -0.39 is 0 Å². The van der Waals surface area contributed by atoms with Crippen LogP contribution in [0.3, 0.4) is 0 Å². The Morgan fingerprint density at radius 3 is 1.75 bits per heavy atom. The largest absolute Gasteiger partial charge is 0.299 e. The van der Waals surface area contributed by atoms with Crippen LogP contribution >= 0.6 is 0 Å². The van der Waals surface area contributed by atoms with Gasteiger partial charge in [-0.1, -0.05) is 13.2 Å². The second kappa shape index (κ2) is 17.4. The lowest BCUT2D eigenvalue weighted by Crippen LogP contribution is -1.44. The normalized spacial score (nSPS) is 4.38. The van der Waals surface area contributed by atoms with Crippen LogP contribution in [-0.2, 0) is 4.79 Å². The lowest BCUT2D eigenvalue weighted by Gasteiger charge is -1.37. The van der Waals surface area contributed by atoms with Gasteiger partial charge in [0.05, 0.1) is 6.07 Å². The molecule has 0 bridgehead atoms. The first-order valence-corrected chi connectivity index (χ1v) is 1.90. The first kappa shape index (κ1) is 9.81. The van der Waals surface area contributed by atoms with E-state index in [1.165, 1.54) is 12.2 Å². The minimum atomic E-state index is 0.639. The highest BCUT2D eigenvalue weighted by Crippen LogP contribution is 1.41. The molecule has 0 aromatic carbocycles. The SMILES string of the molecule is C=CC#N.C=CC=O. The van der Waals surface area contributed by atoms with Crippen molar-refractivity contribution in [3.05, 3.63) is 25.3 Å². The van der Waals surface area contributed by atoms with Crippen molar-refractivity contribution in [2.75, 3.05) is 0 Å². The first-order valence-electron chi connectivity index (χ1n) is 1.90. The smallest absolute Gasteiger partial charge is 0.142 e. The van der Waals surface area contributed by atoms with Crippen LogP contribution in [0.1, 0.15) is 0 Å². The number of carbonyl (C=O) groups excluding carboxylic acids is 1. The number of rotatable bonds is 1. The Balaban J connectivity index is 0. The van der Waals surface area contributed by atoms with E-state index in [4.69, 9.17) is 10.1 Å². The van der Waals surface area contributed by atoms with Gasteiger partial charge in [0.2, 0.25) is 0 Å². The zero-order valence-corrected chi connectivity index (χ0v) is 4.50. The molecule has 0 aliphatic rings. The summed E-state index contributed by atoms with van der Waals surface area (Å²) in [6.45, 7) is 6.23. The average Bonchev–Trinajstić information content (AvgIpc) is 1.88. The van der Waals surface area contributed by atoms with Crippen LogP contribution in [-0.4, -0.2) is 6.29 Å². The predicted octanol–water partition coefficient (Wildman–Crippen LogP) is 1.07. The summed E-state index contributed by atoms with van der Waals surface area (Å²) in [5.74, 6) is 0. The van der Waals surface area contributed by atoms with Gasteiger partial charge < -0.3 is 0 Å². The summed E-state index contributed by atoms with van der Waals surface area (Å²) in [4.78, 5) is 9.06. The Morgan fingerprint density at radius 2 is 1.75 bits per heavy atom. The molecule has 0 rings (SSSR count). The molecule has 0 amide bonds. The van der Waals surface area contributed by atoms with Gasteiger partial charge >= 0.3 is 0 Å². The molecular weight excluding hydrogens is 102 g/mol. The lowest BCUT2D eigenvalue weighted by atomic mass is 10.8. The highest BCUT2D eigenvalue weighted by Gasteiger charge is 1.38. The molecule has 0 N–H and O–H groups in total. The van der Waals surface area contributed by atoms with Crippen molar-refractivity contribution >= 4 is 6.29 Å². The number of aldehydes is 1. The molecule has 0 aliphatic heterocycles. The van der Waals surface area contributed by atoms with Gasteiger partial charge in [0.1, 0.15) is 6.29 Å². The summed E-state index contributed by atoms with van der Waals surface area (Å²) < 4.78 is 0. The topological polar surface area (TPSA) is 40.9 Å². The van der Waals surface area contributed by atoms with E-state index in [1.807, 2.05) is 0 Å². The Bertz CT molecular complexity index is 104. The molecule has 0 radical (unpaired) electrons. The first-order chi connectivity index (χ1) is 3.83. The summed E-state index contributed by atoms with van der Waals surface area (Å²) in [5.41, 5.74) is 0. The Labute approximate surface area is 48.7 Å². The van der Waals surface area contributed by atoms with Crippen molar-refractivity contribution in [3.8, 4) is 6.07 Å². The third-order valence-corrected chi connectivity index (χ3v) is 0.188. The maximum Gasteiger partial charge on any atom is 0.142 e. The fourth-order valence-electron chi connectivity index (χ4n) is 0. The molecule has 0 aromatic rings. The van der Waals surface area contributed by atoms with Gasteiger partial charge in [-0.15, -0.1) is 0 Å². The van der Waals surface area contributed by atoms with Crippen LogP contribution in [0.2, 0.25) is 0 Å². The number of hydrogen-bond acceptors (Lipinski definition) is 2. The van der Waals surface area contributed by atoms with Gasteiger partial charge in [-0.05, 0) is 6.08 Å². The van der Waals surface area contributed by atoms with Gasteiger partial charge in [-0.2, -0.15) is 5.26 Å². The minimum Gasteiger partial charge on any atom is -0.299 e. The van der Waals surface area contributed by atoms with E-state index in [-0.39, 0.29) is 0 Å². The molecule has 0 spiro atoms. The second-order valence-electron chi connectivity index (χ2n) is 0.705. The second-order valence-corrected chi connectivity index (χ2v) is 0.705. The van der Waals surface area contributed by atoms with E-state index in [2.05, 4.69) is 13.2 Å². The molecule has 8 heavy (non-hydrogen) atoms. The molecule has 2 heteroatoms. The summed E-state index contributed by atoms with van der Waals surface area (Å²) in [5, 5.41) is 7.51. The van der Waals surface area contributed by atoms with Crippen LogP contribution < -0.4 is 0 Å². The van der Waals surface area contributed by atoms with Gasteiger partial charge in [0.25, 0.3) is 0 Å². The molecular formula is C6H7NO. The Kier molecular flexibility index (Phi) is 21.4. The molecule has 2 nitrogen and oxygen atoms in total. The predicted molar refractivity (Wildman–Crippen MR) is 32.1 cm³/mol. The van der Waals surface area contributed by atoms with Gasteiger partial charge in [-0.25, -0.2) is 0 Å². The van der Waals surface area contributed by atoms with E-state index in [0.29, 0.717) is 6.29 Å². The summed E-state index contributed by atoms with van der Waals surface area (Å²) in [6, 6.07) is 1.69. The average molecular weight is 109 g/mol. The van der Waals surface area contributed by atoms with Crippen molar-refractivity contribution in [3.63, 3.8) is 0 Å². The molecule has 0 atom stereocenters. The zero-order valence-electron chi connectivity index (χ0n) is 4.50. The van der Waals surface area contributed by atoms with E-state index in [9.17, 15) is 0 Å². The van der Waals surface area contributed by atoms with Crippen molar-refractivity contribution in [1.29, 1.82) is 5.26 Å². The van der Waals surface area contributed by atoms with Crippen molar-refractivity contribution in [2.45, 2.75) is 0 Å². The van der Waals surface area contributed by atoms with Crippen molar-refractivity contribution in [2.24, 2.45) is 0 Å². The third kappa shape index (κ3) is 150. The maximum absolute atomic E-state index is 9.06. The molecule has 0 saturated heterocycles. The number of nitrogens with zero attached hydrogens (tertiary/aromatic N) is 1. The molecule has 0 saturated carbocycles. The van der Waals surface area contributed by atoms with Crippen LogP contribution in [0, 0.1) is 11.3 Å². The highest BCUT2D eigenvalue weighted by atomic mass is 16.1. The fourth-order valence-corrected chi connectivity index (χ4v) is 0. The van der Waals surface area contributed by atoms with Crippen molar-refractivity contribution in [1.82, 2.24) is 0 Å². The van der Waals surface area contributed by atoms with Crippen molar-refractivity contribution < 1.29 is 4.79 Å². The van der Waals surface area contributed by atoms with Gasteiger partial charge in [0, 0.05) is 6.08 Å². The molecule has 0 aliphatic carbocycles. The standard InChI is InChI=1S/C3H3N.C3H4O/c2*1-2-3-4/h2H,1H2;2-3H,1H2. The van der Waals surface area contributed by atoms with Gasteiger partial charge in [-0.3, -0.25) is 4.79 Å². The van der Waals surface area contributed by atoms with E-state index >= 15 is 0 Å². The maximum atomic E-state index is 9.06. The molecule has 0 heterocycles. The number of hydrogen-bond donors (Lipinski definition) is 0.